The van der Waals surface area contributed by atoms with Crippen molar-refractivity contribution in [2.75, 3.05) is 19.8 Å². The molecule has 1 saturated heterocycles. The maximum Gasteiger partial charge on any atom is 0.239 e. The van der Waals surface area contributed by atoms with Gasteiger partial charge in [0.2, 0.25) is 11.7 Å². The van der Waals surface area contributed by atoms with E-state index in [1.807, 2.05) is 0 Å². The second-order valence-corrected chi connectivity index (χ2v) is 4.35. The number of nitrogens with one attached hydrogen (secondary N) is 1. The Balaban J connectivity index is 1.92. The normalized spacial score (nSPS) is 18.9. The van der Waals surface area contributed by atoms with Gasteiger partial charge in [0.15, 0.2) is 5.82 Å². The number of nitrogens with two attached hydrogens (primary N) is 1. The van der Waals surface area contributed by atoms with Gasteiger partial charge in [0, 0.05) is 19.8 Å². The smallest absolute Gasteiger partial charge is 0.239 e. The summed E-state index contributed by atoms with van der Waals surface area (Å²) >= 11 is 0. The highest BCUT2D eigenvalue weighted by molar-refractivity contribution is 5.40. The van der Waals surface area contributed by atoms with Crippen molar-refractivity contribution in [1.82, 2.24) is 25.3 Å². The minimum absolute atomic E-state index is 0.274. The van der Waals surface area contributed by atoms with Gasteiger partial charge in [-0.15, -0.1) is 0 Å². The van der Waals surface area contributed by atoms with Crippen molar-refractivity contribution in [3.8, 4) is 11.6 Å². The van der Waals surface area contributed by atoms with Gasteiger partial charge in [0.1, 0.15) is 6.33 Å². The van der Waals surface area contributed by atoms with Crippen LogP contribution in [0.3, 0.4) is 0 Å². The first kappa shape index (κ1) is 11.3. The van der Waals surface area contributed by atoms with Crippen molar-refractivity contribution < 1.29 is 9.26 Å². The second-order valence-electron chi connectivity index (χ2n) is 4.35. The van der Waals surface area contributed by atoms with E-state index in [0.717, 1.165) is 12.8 Å². The number of hydrogen-bond acceptors (Lipinski definition) is 7. The van der Waals surface area contributed by atoms with Gasteiger partial charge in [0.25, 0.3) is 0 Å². The van der Waals surface area contributed by atoms with Crippen molar-refractivity contribution in [2.24, 2.45) is 5.73 Å². The third kappa shape index (κ3) is 1.79. The Hall–Kier alpha value is -1.80. The molecule has 0 atom stereocenters. The second kappa shape index (κ2) is 4.46. The summed E-state index contributed by atoms with van der Waals surface area (Å²) < 4.78 is 10.7. The lowest BCUT2D eigenvalue weighted by atomic mass is 9.80. The molecule has 1 aliphatic rings. The van der Waals surface area contributed by atoms with E-state index in [0.29, 0.717) is 37.3 Å². The van der Waals surface area contributed by atoms with Crippen LogP contribution in [-0.2, 0) is 10.2 Å². The molecule has 1 aliphatic heterocycles. The lowest BCUT2D eigenvalue weighted by Crippen LogP contribution is -2.40. The summed E-state index contributed by atoms with van der Waals surface area (Å²) in [5.74, 6) is 1.45. The van der Waals surface area contributed by atoms with Crippen LogP contribution in [0.4, 0.5) is 0 Å². The van der Waals surface area contributed by atoms with Crippen molar-refractivity contribution in [3.63, 3.8) is 0 Å². The van der Waals surface area contributed by atoms with E-state index in [1.165, 1.54) is 6.33 Å². The first-order valence-corrected chi connectivity index (χ1v) is 5.82. The first-order valence-electron chi connectivity index (χ1n) is 5.82. The van der Waals surface area contributed by atoms with Gasteiger partial charge < -0.3 is 15.0 Å². The lowest BCUT2D eigenvalue weighted by Gasteiger charge is -2.32. The zero-order valence-corrected chi connectivity index (χ0v) is 9.80. The average molecular weight is 250 g/mol. The molecule has 3 heterocycles. The molecule has 0 spiro atoms. The van der Waals surface area contributed by atoms with E-state index >= 15 is 0 Å². The Morgan fingerprint density at radius 1 is 1.39 bits per heavy atom. The molecule has 2 aromatic heterocycles. The van der Waals surface area contributed by atoms with Crippen molar-refractivity contribution in [2.45, 2.75) is 18.3 Å². The molecule has 18 heavy (non-hydrogen) atoms. The van der Waals surface area contributed by atoms with E-state index in [4.69, 9.17) is 15.0 Å². The summed E-state index contributed by atoms with van der Waals surface area (Å²) in [4.78, 5) is 8.36. The number of aromatic nitrogens is 5. The molecule has 0 radical (unpaired) electrons. The number of aromatic amines is 1. The standard InChI is InChI=1S/C10H14N6O2/c11-5-10(1-3-17-4-2-10)9-14-8(16-18-9)7-12-6-13-15-7/h6H,1-5,11H2,(H,12,13,15). The summed E-state index contributed by atoms with van der Waals surface area (Å²) in [5.41, 5.74) is 5.60. The van der Waals surface area contributed by atoms with Crippen LogP contribution in [0, 0.1) is 0 Å². The highest BCUT2D eigenvalue weighted by Gasteiger charge is 2.38. The Labute approximate surface area is 103 Å². The van der Waals surface area contributed by atoms with Gasteiger partial charge in [-0.25, -0.2) is 4.98 Å². The monoisotopic (exact) mass is 250 g/mol. The maximum absolute atomic E-state index is 5.88. The summed E-state index contributed by atoms with van der Waals surface area (Å²) in [6.45, 7) is 1.79. The predicted molar refractivity (Wildman–Crippen MR) is 60.5 cm³/mol. The van der Waals surface area contributed by atoms with Crippen LogP contribution in [0.25, 0.3) is 11.6 Å². The third-order valence-electron chi connectivity index (χ3n) is 3.35. The Bertz CT molecular complexity index is 502. The van der Waals surface area contributed by atoms with Gasteiger partial charge >= 0.3 is 0 Å². The fourth-order valence-corrected chi connectivity index (χ4v) is 2.12. The summed E-state index contributed by atoms with van der Waals surface area (Å²) in [6.07, 6.45) is 2.99. The van der Waals surface area contributed by atoms with Crippen molar-refractivity contribution in [3.05, 3.63) is 12.2 Å². The number of hydrogen-bond donors (Lipinski definition) is 2. The van der Waals surface area contributed by atoms with E-state index in [9.17, 15) is 0 Å². The molecule has 8 nitrogen and oxygen atoms in total. The fourth-order valence-electron chi connectivity index (χ4n) is 2.12. The predicted octanol–water partition coefficient (Wildman–Crippen LogP) is -0.138. The highest BCUT2D eigenvalue weighted by Crippen LogP contribution is 2.33. The largest absolute Gasteiger partial charge is 0.381 e. The molecule has 0 amide bonds. The first-order chi connectivity index (χ1) is 8.84. The van der Waals surface area contributed by atoms with Crippen LogP contribution in [0.5, 0.6) is 0 Å². The fraction of sp³-hybridized carbons (Fsp3) is 0.600. The van der Waals surface area contributed by atoms with Gasteiger partial charge in [-0.1, -0.05) is 5.16 Å². The van der Waals surface area contributed by atoms with Gasteiger partial charge in [-0.3, -0.25) is 5.10 Å². The molecule has 2 aromatic rings. The van der Waals surface area contributed by atoms with E-state index in [-0.39, 0.29) is 5.41 Å². The Morgan fingerprint density at radius 2 is 2.22 bits per heavy atom. The SMILES string of the molecule is NCC1(c2nc(-c3ncn[nH]3)no2)CCOCC1. The molecule has 0 bridgehead atoms. The van der Waals surface area contributed by atoms with Crippen molar-refractivity contribution in [1.29, 1.82) is 0 Å². The minimum Gasteiger partial charge on any atom is -0.381 e. The molecule has 0 saturated carbocycles. The topological polar surface area (TPSA) is 116 Å². The molecule has 3 N–H and O–H groups in total. The van der Waals surface area contributed by atoms with E-state index < -0.39 is 0 Å². The van der Waals surface area contributed by atoms with Crippen LogP contribution < -0.4 is 5.73 Å². The quantitative estimate of drug-likeness (QED) is 0.778. The zero-order chi connectivity index (χ0) is 12.4. The van der Waals surface area contributed by atoms with Gasteiger partial charge in [-0.2, -0.15) is 10.1 Å². The molecular weight excluding hydrogens is 236 g/mol. The number of rotatable bonds is 3. The molecule has 96 valence electrons. The summed E-state index contributed by atoms with van der Waals surface area (Å²) in [6, 6.07) is 0. The zero-order valence-electron chi connectivity index (χ0n) is 9.80. The van der Waals surface area contributed by atoms with Crippen LogP contribution in [0.15, 0.2) is 10.9 Å². The maximum atomic E-state index is 5.88. The summed E-state index contributed by atoms with van der Waals surface area (Å²) in [7, 11) is 0. The molecule has 0 aromatic carbocycles. The van der Waals surface area contributed by atoms with E-state index in [2.05, 4.69) is 25.3 Å². The van der Waals surface area contributed by atoms with Crippen LogP contribution in [-0.4, -0.2) is 45.1 Å². The minimum atomic E-state index is -0.274. The molecule has 1 fully saturated rings. The average Bonchev–Trinajstić information content (AvgIpc) is 3.10. The van der Waals surface area contributed by atoms with Crippen LogP contribution in [0.2, 0.25) is 0 Å². The Morgan fingerprint density at radius 3 is 2.89 bits per heavy atom. The third-order valence-corrected chi connectivity index (χ3v) is 3.35. The Kier molecular flexibility index (Phi) is 2.80. The molecule has 8 heteroatoms. The number of nitrogens with zero attached hydrogens (tertiary/aromatic N) is 4. The van der Waals surface area contributed by atoms with Gasteiger partial charge in [-0.05, 0) is 12.8 Å². The van der Waals surface area contributed by atoms with Crippen molar-refractivity contribution >= 4 is 0 Å². The highest BCUT2D eigenvalue weighted by atomic mass is 16.5. The molecule has 0 aliphatic carbocycles. The summed E-state index contributed by atoms with van der Waals surface area (Å²) in [5, 5.41) is 10.4. The number of ether oxygens (including phenoxy) is 1. The molecule has 3 rings (SSSR count). The lowest BCUT2D eigenvalue weighted by molar-refractivity contribution is 0.0409. The van der Waals surface area contributed by atoms with Crippen LogP contribution in [0.1, 0.15) is 18.7 Å². The van der Waals surface area contributed by atoms with E-state index in [1.54, 1.807) is 0 Å². The molecule has 0 unspecified atom stereocenters. The van der Waals surface area contributed by atoms with Crippen LogP contribution >= 0.6 is 0 Å². The molecular formula is C10H14N6O2. The van der Waals surface area contributed by atoms with Gasteiger partial charge in [0.05, 0.1) is 5.41 Å². The number of H-pyrrole nitrogens is 1.